The number of carbonyl (C=O) groups is 1. The van der Waals surface area contributed by atoms with Gasteiger partial charge in [0.05, 0.1) is 12.2 Å². The molecule has 0 bridgehead atoms. The molecule has 0 aliphatic rings. The molecule has 1 aromatic carbocycles. The van der Waals surface area contributed by atoms with Crippen LogP contribution in [0, 0.1) is 0 Å². The van der Waals surface area contributed by atoms with Gasteiger partial charge in [0.15, 0.2) is 0 Å². The van der Waals surface area contributed by atoms with Gasteiger partial charge in [0.1, 0.15) is 0 Å². The van der Waals surface area contributed by atoms with Crippen LogP contribution in [0.4, 0.5) is 5.69 Å². The van der Waals surface area contributed by atoms with Crippen molar-refractivity contribution < 1.29 is 4.79 Å². The molecule has 1 amide bonds. The molecule has 0 atom stereocenters. The standard InChI is InChI=1S/C15H17N3O/c1-2-11-6-4-8-17-14(11)10-18-15(19)12-5-3-7-13(16)9-12/h3-9H,2,10,16H2,1H3,(H,18,19). The minimum atomic E-state index is -0.139. The fourth-order valence-electron chi connectivity index (χ4n) is 1.90. The maximum absolute atomic E-state index is 12.0. The average Bonchev–Trinajstić information content (AvgIpc) is 2.45. The summed E-state index contributed by atoms with van der Waals surface area (Å²) in [4.78, 5) is 16.3. The molecule has 0 saturated heterocycles. The van der Waals surface area contributed by atoms with Crippen LogP contribution >= 0.6 is 0 Å². The van der Waals surface area contributed by atoms with E-state index in [1.807, 2.05) is 12.1 Å². The van der Waals surface area contributed by atoms with Gasteiger partial charge in [0.2, 0.25) is 0 Å². The molecule has 0 fully saturated rings. The monoisotopic (exact) mass is 255 g/mol. The minimum absolute atomic E-state index is 0.139. The molecule has 4 heteroatoms. The van der Waals surface area contributed by atoms with E-state index in [0.717, 1.165) is 17.7 Å². The molecule has 19 heavy (non-hydrogen) atoms. The summed E-state index contributed by atoms with van der Waals surface area (Å²) < 4.78 is 0. The highest BCUT2D eigenvalue weighted by Gasteiger charge is 2.07. The smallest absolute Gasteiger partial charge is 0.251 e. The number of nitrogens with zero attached hydrogens (tertiary/aromatic N) is 1. The Bertz CT molecular complexity index is 581. The lowest BCUT2D eigenvalue weighted by Gasteiger charge is -2.08. The number of hydrogen-bond acceptors (Lipinski definition) is 3. The van der Waals surface area contributed by atoms with Gasteiger partial charge in [0.25, 0.3) is 5.91 Å². The summed E-state index contributed by atoms with van der Waals surface area (Å²) in [7, 11) is 0. The summed E-state index contributed by atoms with van der Waals surface area (Å²) in [5.41, 5.74) is 8.86. The van der Waals surface area contributed by atoms with Gasteiger partial charge in [-0.2, -0.15) is 0 Å². The van der Waals surface area contributed by atoms with Crippen molar-refractivity contribution in [2.24, 2.45) is 0 Å². The number of nitrogens with one attached hydrogen (secondary N) is 1. The van der Waals surface area contributed by atoms with Gasteiger partial charge < -0.3 is 11.1 Å². The molecule has 4 nitrogen and oxygen atoms in total. The van der Waals surface area contributed by atoms with E-state index in [2.05, 4.69) is 17.2 Å². The second-order valence-corrected chi connectivity index (χ2v) is 4.27. The first-order chi connectivity index (χ1) is 9.20. The topological polar surface area (TPSA) is 68.0 Å². The number of carbonyl (C=O) groups excluding carboxylic acids is 1. The number of hydrogen-bond donors (Lipinski definition) is 2. The van der Waals surface area contributed by atoms with E-state index in [1.165, 1.54) is 0 Å². The highest BCUT2D eigenvalue weighted by atomic mass is 16.1. The highest BCUT2D eigenvalue weighted by Crippen LogP contribution is 2.08. The van der Waals surface area contributed by atoms with Gasteiger partial charge in [-0.05, 0) is 36.2 Å². The maximum atomic E-state index is 12.0. The van der Waals surface area contributed by atoms with Crippen LogP contribution in [0.15, 0.2) is 42.6 Å². The van der Waals surface area contributed by atoms with Gasteiger partial charge in [0, 0.05) is 17.4 Å². The van der Waals surface area contributed by atoms with Crippen LogP contribution < -0.4 is 11.1 Å². The Kier molecular flexibility index (Phi) is 4.13. The number of amides is 1. The van der Waals surface area contributed by atoms with Crippen LogP contribution in [0.5, 0.6) is 0 Å². The van der Waals surface area contributed by atoms with Gasteiger partial charge in [-0.25, -0.2) is 0 Å². The SMILES string of the molecule is CCc1cccnc1CNC(=O)c1cccc(N)c1. The summed E-state index contributed by atoms with van der Waals surface area (Å²) in [6, 6.07) is 10.9. The molecule has 2 aromatic rings. The molecule has 0 aliphatic carbocycles. The Morgan fingerprint density at radius 1 is 1.32 bits per heavy atom. The van der Waals surface area contributed by atoms with E-state index in [1.54, 1.807) is 30.5 Å². The third-order valence-corrected chi connectivity index (χ3v) is 2.93. The number of aromatic nitrogens is 1. The molecule has 0 unspecified atom stereocenters. The Morgan fingerprint density at radius 2 is 2.16 bits per heavy atom. The van der Waals surface area contributed by atoms with Crippen molar-refractivity contribution in [1.82, 2.24) is 10.3 Å². The lowest BCUT2D eigenvalue weighted by Crippen LogP contribution is -2.24. The lowest BCUT2D eigenvalue weighted by atomic mass is 10.1. The predicted molar refractivity (Wildman–Crippen MR) is 75.6 cm³/mol. The van der Waals surface area contributed by atoms with E-state index in [-0.39, 0.29) is 5.91 Å². The van der Waals surface area contributed by atoms with Crippen molar-refractivity contribution in [3.05, 3.63) is 59.4 Å². The molecule has 1 heterocycles. The van der Waals surface area contributed by atoms with E-state index in [9.17, 15) is 4.79 Å². The first kappa shape index (κ1) is 13.1. The summed E-state index contributed by atoms with van der Waals surface area (Å²) in [5.74, 6) is -0.139. The molecule has 1 aromatic heterocycles. The van der Waals surface area contributed by atoms with Crippen molar-refractivity contribution in [1.29, 1.82) is 0 Å². The van der Waals surface area contributed by atoms with Gasteiger partial charge >= 0.3 is 0 Å². The number of pyridine rings is 1. The molecular weight excluding hydrogens is 238 g/mol. The number of benzene rings is 1. The van der Waals surface area contributed by atoms with Crippen molar-refractivity contribution in [3.8, 4) is 0 Å². The fraction of sp³-hybridized carbons (Fsp3) is 0.200. The molecule has 0 saturated carbocycles. The van der Waals surface area contributed by atoms with Crippen molar-refractivity contribution in [3.63, 3.8) is 0 Å². The summed E-state index contributed by atoms with van der Waals surface area (Å²) in [6.45, 7) is 2.50. The first-order valence-corrected chi connectivity index (χ1v) is 6.27. The molecular formula is C15H17N3O. The summed E-state index contributed by atoms with van der Waals surface area (Å²) >= 11 is 0. The number of nitrogens with two attached hydrogens (primary N) is 1. The van der Waals surface area contributed by atoms with E-state index < -0.39 is 0 Å². The number of aryl methyl sites for hydroxylation is 1. The van der Waals surface area contributed by atoms with Crippen LogP contribution in [0.2, 0.25) is 0 Å². The van der Waals surface area contributed by atoms with E-state index in [4.69, 9.17) is 5.73 Å². The first-order valence-electron chi connectivity index (χ1n) is 6.27. The second kappa shape index (κ2) is 6.00. The van der Waals surface area contributed by atoms with Crippen LogP contribution in [-0.4, -0.2) is 10.9 Å². The summed E-state index contributed by atoms with van der Waals surface area (Å²) in [5, 5.41) is 2.86. The number of rotatable bonds is 4. The maximum Gasteiger partial charge on any atom is 0.251 e. The van der Waals surface area contributed by atoms with Crippen LogP contribution in [0.3, 0.4) is 0 Å². The fourth-order valence-corrected chi connectivity index (χ4v) is 1.90. The minimum Gasteiger partial charge on any atom is -0.399 e. The molecule has 98 valence electrons. The van der Waals surface area contributed by atoms with Crippen LogP contribution in [0.1, 0.15) is 28.5 Å². The van der Waals surface area contributed by atoms with E-state index >= 15 is 0 Å². The molecule has 0 aliphatic heterocycles. The lowest BCUT2D eigenvalue weighted by molar-refractivity contribution is 0.0950. The zero-order valence-electron chi connectivity index (χ0n) is 10.9. The van der Waals surface area contributed by atoms with Crippen molar-refractivity contribution >= 4 is 11.6 Å². The zero-order valence-corrected chi connectivity index (χ0v) is 10.9. The predicted octanol–water partition coefficient (Wildman–Crippen LogP) is 2.16. The van der Waals surface area contributed by atoms with Gasteiger partial charge in [-0.1, -0.05) is 19.1 Å². The number of anilines is 1. The van der Waals surface area contributed by atoms with Crippen LogP contribution in [0.25, 0.3) is 0 Å². The zero-order chi connectivity index (χ0) is 13.7. The van der Waals surface area contributed by atoms with Crippen molar-refractivity contribution in [2.75, 3.05) is 5.73 Å². The molecule has 2 rings (SSSR count). The van der Waals surface area contributed by atoms with Crippen LogP contribution in [-0.2, 0) is 13.0 Å². The second-order valence-electron chi connectivity index (χ2n) is 4.27. The quantitative estimate of drug-likeness (QED) is 0.823. The van der Waals surface area contributed by atoms with Gasteiger partial charge in [-0.15, -0.1) is 0 Å². The van der Waals surface area contributed by atoms with Gasteiger partial charge in [-0.3, -0.25) is 9.78 Å². The average molecular weight is 255 g/mol. The molecule has 0 spiro atoms. The normalized spacial score (nSPS) is 10.2. The third kappa shape index (κ3) is 3.31. The third-order valence-electron chi connectivity index (χ3n) is 2.93. The molecule has 0 radical (unpaired) electrons. The largest absolute Gasteiger partial charge is 0.399 e. The van der Waals surface area contributed by atoms with Crippen molar-refractivity contribution in [2.45, 2.75) is 19.9 Å². The highest BCUT2D eigenvalue weighted by molar-refractivity contribution is 5.94. The Balaban J connectivity index is 2.04. The Labute approximate surface area is 112 Å². The summed E-state index contributed by atoms with van der Waals surface area (Å²) in [6.07, 6.45) is 2.64. The Hall–Kier alpha value is -2.36. The molecule has 3 N–H and O–H groups in total. The van der Waals surface area contributed by atoms with E-state index in [0.29, 0.717) is 17.8 Å². The Morgan fingerprint density at radius 3 is 2.89 bits per heavy atom. The number of nitrogen functional groups attached to an aromatic ring is 1.